The second kappa shape index (κ2) is 5.88. The number of methoxy groups -OCH3 is 1. The number of hydrogen-bond donors (Lipinski definition) is 2. The third-order valence-electron chi connectivity index (χ3n) is 4.29. The topological polar surface area (TPSA) is 55.5 Å². The molecule has 19 heavy (non-hydrogen) atoms. The molecule has 1 aromatic rings. The van der Waals surface area contributed by atoms with E-state index in [9.17, 15) is 9.50 Å². The van der Waals surface area contributed by atoms with Gasteiger partial charge in [-0.1, -0.05) is 18.9 Å². The Morgan fingerprint density at radius 1 is 1.47 bits per heavy atom. The van der Waals surface area contributed by atoms with E-state index in [-0.39, 0.29) is 17.0 Å². The molecule has 1 aliphatic rings. The summed E-state index contributed by atoms with van der Waals surface area (Å²) in [5.41, 5.74) is 6.45. The van der Waals surface area contributed by atoms with Gasteiger partial charge in [-0.2, -0.15) is 0 Å². The molecule has 3 nitrogen and oxygen atoms in total. The number of aliphatic hydroxyl groups excluding tert-OH is 1. The molecule has 0 aliphatic heterocycles. The van der Waals surface area contributed by atoms with Gasteiger partial charge in [0.1, 0.15) is 0 Å². The number of rotatable bonds is 4. The van der Waals surface area contributed by atoms with Crippen molar-refractivity contribution >= 4 is 0 Å². The minimum atomic E-state index is -0.392. The highest BCUT2D eigenvalue weighted by molar-refractivity contribution is 5.30. The summed E-state index contributed by atoms with van der Waals surface area (Å²) in [4.78, 5) is 0. The zero-order chi connectivity index (χ0) is 13.9. The summed E-state index contributed by atoms with van der Waals surface area (Å²) in [7, 11) is 1.45. The van der Waals surface area contributed by atoms with E-state index in [0.29, 0.717) is 13.0 Å². The van der Waals surface area contributed by atoms with E-state index >= 15 is 0 Å². The van der Waals surface area contributed by atoms with Crippen molar-refractivity contribution < 1.29 is 14.2 Å². The quantitative estimate of drug-likeness (QED) is 0.879. The lowest BCUT2D eigenvalue weighted by atomic mass is 9.68. The van der Waals surface area contributed by atoms with Gasteiger partial charge in [0.25, 0.3) is 0 Å². The van der Waals surface area contributed by atoms with Crippen LogP contribution in [0.1, 0.15) is 31.2 Å². The molecule has 0 saturated heterocycles. The highest BCUT2D eigenvalue weighted by Crippen LogP contribution is 2.39. The van der Waals surface area contributed by atoms with Crippen molar-refractivity contribution in [2.24, 2.45) is 11.1 Å². The van der Waals surface area contributed by atoms with Crippen LogP contribution in [0.5, 0.6) is 5.75 Å². The number of aliphatic hydroxyl groups is 1. The van der Waals surface area contributed by atoms with Crippen LogP contribution in [0.15, 0.2) is 18.2 Å². The van der Waals surface area contributed by atoms with Crippen molar-refractivity contribution in [1.29, 1.82) is 0 Å². The zero-order valence-electron chi connectivity index (χ0n) is 11.4. The number of nitrogens with two attached hydrogens (primary N) is 1. The monoisotopic (exact) mass is 267 g/mol. The van der Waals surface area contributed by atoms with Crippen molar-refractivity contribution in [3.63, 3.8) is 0 Å². The third kappa shape index (κ3) is 2.90. The summed E-state index contributed by atoms with van der Waals surface area (Å²) in [6, 6.07) is 4.96. The molecule has 0 spiro atoms. The highest BCUT2D eigenvalue weighted by Gasteiger charge is 2.38. The number of benzene rings is 1. The van der Waals surface area contributed by atoms with Crippen LogP contribution in [0.3, 0.4) is 0 Å². The molecule has 2 atom stereocenters. The van der Waals surface area contributed by atoms with E-state index < -0.39 is 6.10 Å². The first-order valence-electron chi connectivity index (χ1n) is 6.82. The van der Waals surface area contributed by atoms with Gasteiger partial charge in [0, 0.05) is 12.0 Å². The summed E-state index contributed by atoms with van der Waals surface area (Å²) in [5, 5.41) is 10.3. The molecule has 0 bridgehead atoms. The summed E-state index contributed by atoms with van der Waals surface area (Å²) in [6.45, 7) is 0.432. The lowest BCUT2D eigenvalue weighted by molar-refractivity contribution is -0.00589. The fourth-order valence-electron chi connectivity index (χ4n) is 3.03. The first-order chi connectivity index (χ1) is 9.11. The Bertz CT molecular complexity index is 438. The molecule has 1 aliphatic carbocycles. The van der Waals surface area contributed by atoms with Gasteiger partial charge in [-0.05, 0) is 37.0 Å². The first kappa shape index (κ1) is 14.3. The molecular weight excluding hydrogens is 245 g/mol. The normalized spacial score (nSPS) is 27.3. The molecule has 3 N–H and O–H groups in total. The van der Waals surface area contributed by atoms with Gasteiger partial charge in [0.2, 0.25) is 0 Å². The highest BCUT2D eigenvalue weighted by atomic mass is 19.1. The SMILES string of the molecule is COc1ccc(CC2(CN)CCCCC2O)cc1F. The maximum atomic E-state index is 13.7. The average molecular weight is 267 g/mol. The van der Waals surface area contributed by atoms with E-state index in [4.69, 9.17) is 10.5 Å². The molecule has 4 heteroatoms. The minimum absolute atomic E-state index is 0.245. The van der Waals surface area contributed by atoms with Crippen LogP contribution in [0.25, 0.3) is 0 Å². The van der Waals surface area contributed by atoms with E-state index in [1.54, 1.807) is 6.07 Å². The first-order valence-corrected chi connectivity index (χ1v) is 6.82. The number of hydrogen-bond acceptors (Lipinski definition) is 3. The Kier molecular flexibility index (Phi) is 4.42. The molecule has 0 aromatic heterocycles. The molecule has 2 rings (SSSR count). The smallest absolute Gasteiger partial charge is 0.165 e. The van der Waals surface area contributed by atoms with Gasteiger partial charge in [-0.15, -0.1) is 0 Å². The average Bonchev–Trinajstić information content (AvgIpc) is 2.42. The Balaban J connectivity index is 2.20. The van der Waals surface area contributed by atoms with Gasteiger partial charge >= 0.3 is 0 Å². The van der Waals surface area contributed by atoms with Gasteiger partial charge in [0.15, 0.2) is 11.6 Å². The van der Waals surface area contributed by atoms with Crippen LogP contribution < -0.4 is 10.5 Å². The molecule has 0 amide bonds. The Hall–Kier alpha value is -1.13. The molecule has 0 radical (unpaired) electrons. The van der Waals surface area contributed by atoms with Crippen molar-refractivity contribution in [2.45, 2.75) is 38.2 Å². The maximum Gasteiger partial charge on any atom is 0.165 e. The minimum Gasteiger partial charge on any atom is -0.494 e. The maximum absolute atomic E-state index is 13.7. The van der Waals surface area contributed by atoms with Gasteiger partial charge < -0.3 is 15.6 Å². The molecule has 0 heterocycles. The van der Waals surface area contributed by atoms with E-state index in [1.165, 1.54) is 13.2 Å². The number of ether oxygens (including phenoxy) is 1. The van der Waals surface area contributed by atoms with E-state index in [2.05, 4.69) is 0 Å². The van der Waals surface area contributed by atoms with Crippen molar-refractivity contribution in [3.05, 3.63) is 29.6 Å². The summed E-state index contributed by atoms with van der Waals surface area (Å²) in [5.74, 6) is -0.118. The van der Waals surface area contributed by atoms with Crippen LogP contribution >= 0.6 is 0 Å². The predicted octanol–water partition coefficient (Wildman–Crippen LogP) is 2.26. The molecule has 106 valence electrons. The Morgan fingerprint density at radius 3 is 2.84 bits per heavy atom. The number of halogens is 1. The lowest BCUT2D eigenvalue weighted by Gasteiger charge is -2.41. The zero-order valence-corrected chi connectivity index (χ0v) is 11.4. The molecular formula is C15H22FNO2. The third-order valence-corrected chi connectivity index (χ3v) is 4.29. The van der Waals surface area contributed by atoms with Gasteiger partial charge in [-0.3, -0.25) is 0 Å². The van der Waals surface area contributed by atoms with Gasteiger partial charge in [0.05, 0.1) is 13.2 Å². The van der Waals surface area contributed by atoms with Crippen molar-refractivity contribution in [2.75, 3.05) is 13.7 Å². The molecule has 1 fully saturated rings. The molecule has 1 aromatic carbocycles. The van der Waals surface area contributed by atoms with Crippen LogP contribution in [0.2, 0.25) is 0 Å². The van der Waals surface area contributed by atoms with Crippen molar-refractivity contribution in [1.82, 2.24) is 0 Å². The van der Waals surface area contributed by atoms with Gasteiger partial charge in [-0.25, -0.2) is 4.39 Å². The fraction of sp³-hybridized carbons (Fsp3) is 0.600. The molecule has 1 saturated carbocycles. The van der Waals surface area contributed by atoms with E-state index in [0.717, 1.165) is 31.2 Å². The summed E-state index contributed by atoms with van der Waals surface area (Å²) >= 11 is 0. The van der Waals surface area contributed by atoms with Crippen LogP contribution in [0.4, 0.5) is 4.39 Å². The van der Waals surface area contributed by atoms with Crippen LogP contribution in [-0.2, 0) is 6.42 Å². The fourth-order valence-corrected chi connectivity index (χ4v) is 3.03. The second-order valence-corrected chi connectivity index (χ2v) is 5.47. The Labute approximate surface area is 113 Å². The largest absolute Gasteiger partial charge is 0.494 e. The summed E-state index contributed by atoms with van der Waals surface area (Å²) < 4.78 is 18.6. The predicted molar refractivity (Wildman–Crippen MR) is 72.6 cm³/mol. The van der Waals surface area contributed by atoms with Crippen molar-refractivity contribution in [3.8, 4) is 5.75 Å². The van der Waals surface area contributed by atoms with E-state index in [1.807, 2.05) is 6.07 Å². The second-order valence-electron chi connectivity index (χ2n) is 5.47. The van der Waals surface area contributed by atoms with Crippen LogP contribution in [-0.4, -0.2) is 24.9 Å². The van der Waals surface area contributed by atoms with Crippen LogP contribution in [0, 0.1) is 11.2 Å². The summed E-state index contributed by atoms with van der Waals surface area (Å²) in [6.07, 6.45) is 4.03. The molecule has 2 unspecified atom stereocenters. The Morgan fingerprint density at radius 2 is 2.26 bits per heavy atom. The lowest BCUT2D eigenvalue weighted by Crippen LogP contribution is -2.45. The standard InChI is InChI=1S/C15H22FNO2/c1-19-13-6-5-11(8-12(13)16)9-15(10-17)7-3-2-4-14(15)18/h5-6,8,14,18H,2-4,7,9-10,17H2,1H3.